The highest BCUT2D eigenvalue weighted by Crippen LogP contribution is 1.80. The number of primary amides is 2. The molecule has 8 heteroatoms. The van der Waals surface area contributed by atoms with Crippen LogP contribution in [0.5, 0.6) is 0 Å². The lowest BCUT2D eigenvalue weighted by Crippen LogP contribution is -2.08. The zero-order chi connectivity index (χ0) is 16.6. The molecule has 0 aromatic rings. The van der Waals surface area contributed by atoms with Gasteiger partial charge in [-0.05, 0) is 12.8 Å². The van der Waals surface area contributed by atoms with Crippen molar-refractivity contribution in [1.29, 1.82) is 0 Å². The van der Waals surface area contributed by atoms with Crippen molar-refractivity contribution in [3.63, 3.8) is 0 Å². The van der Waals surface area contributed by atoms with Gasteiger partial charge in [0.25, 0.3) is 0 Å². The highest BCUT2D eigenvalue weighted by atomic mass is 16.4. The van der Waals surface area contributed by atoms with Crippen molar-refractivity contribution in [2.75, 3.05) is 0 Å². The maximum absolute atomic E-state index is 9.82. The average molecular weight is 290 g/mol. The van der Waals surface area contributed by atoms with E-state index in [1.807, 2.05) is 13.8 Å². The topological polar surface area (TPSA) is 161 Å². The number of carbonyl (C=O) groups excluding carboxylic acids is 2. The molecule has 0 spiro atoms. The second-order valence-electron chi connectivity index (χ2n) is 3.44. The summed E-state index contributed by atoms with van der Waals surface area (Å²) in [5.41, 5.74) is 9.53. The molecule has 0 aliphatic heterocycles. The van der Waals surface area contributed by atoms with Crippen molar-refractivity contribution in [2.45, 2.75) is 39.5 Å². The summed E-state index contributed by atoms with van der Waals surface area (Å²) in [5, 5.41) is 15.6. The molecule has 0 saturated carbocycles. The summed E-state index contributed by atoms with van der Waals surface area (Å²) in [6, 6.07) is 0. The van der Waals surface area contributed by atoms with Gasteiger partial charge < -0.3 is 21.7 Å². The SMILES string of the molecule is CCCC(N)=O.CCCC(N)=O.O=C(O)/C=C/C(=O)O. The summed E-state index contributed by atoms with van der Waals surface area (Å²) >= 11 is 0. The molecule has 2 amide bonds. The third kappa shape index (κ3) is 44.9. The molecule has 0 radical (unpaired) electrons. The summed E-state index contributed by atoms with van der Waals surface area (Å²) in [7, 11) is 0. The van der Waals surface area contributed by atoms with Crippen molar-refractivity contribution in [2.24, 2.45) is 11.5 Å². The lowest BCUT2D eigenvalue weighted by atomic mass is 10.3. The van der Waals surface area contributed by atoms with Gasteiger partial charge in [-0.2, -0.15) is 0 Å². The molecule has 6 N–H and O–H groups in total. The predicted molar refractivity (Wildman–Crippen MR) is 72.6 cm³/mol. The van der Waals surface area contributed by atoms with Gasteiger partial charge in [0, 0.05) is 25.0 Å². The van der Waals surface area contributed by atoms with Crippen LogP contribution in [-0.2, 0) is 19.2 Å². The van der Waals surface area contributed by atoms with Crippen molar-refractivity contribution in [3.8, 4) is 0 Å². The number of hydrogen-bond acceptors (Lipinski definition) is 4. The predicted octanol–water partition coefficient (Wildman–Crippen LogP) is 0.255. The first-order chi connectivity index (χ1) is 9.17. The van der Waals surface area contributed by atoms with E-state index in [1.54, 1.807) is 0 Å². The molecule has 0 aliphatic carbocycles. The first-order valence-corrected chi connectivity index (χ1v) is 5.87. The quantitative estimate of drug-likeness (QED) is 0.513. The summed E-state index contributed by atoms with van der Waals surface area (Å²) in [5.74, 6) is -2.94. The highest BCUT2D eigenvalue weighted by molar-refractivity contribution is 5.89. The number of amides is 2. The van der Waals surface area contributed by atoms with Crippen molar-refractivity contribution < 1.29 is 29.4 Å². The molecule has 0 bridgehead atoms. The van der Waals surface area contributed by atoms with Crippen LogP contribution in [0.15, 0.2) is 12.2 Å². The van der Waals surface area contributed by atoms with E-state index in [4.69, 9.17) is 21.7 Å². The Hall–Kier alpha value is -2.38. The number of carboxylic acid groups (broad SMARTS) is 2. The third-order valence-electron chi connectivity index (χ3n) is 1.36. The van der Waals surface area contributed by atoms with E-state index in [0.29, 0.717) is 25.0 Å². The third-order valence-corrected chi connectivity index (χ3v) is 1.36. The van der Waals surface area contributed by atoms with Gasteiger partial charge in [0.1, 0.15) is 0 Å². The second-order valence-corrected chi connectivity index (χ2v) is 3.44. The minimum atomic E-state index is -1.26. The van der Waals surface area contributed by atoms with Crippen LogP contribution in [0.3, 0.4) is 0 Å². The highest BCUT2D eigenvalue weighted by Gasteiger charge is 1.88. The fourth-order valence-corrected chi connectivity index (χ4v) is 0.635. The smallest absolute Gasteiger partial charge is 0.328 e. The van der Waals surface area contributed by atoms with Crippen LogP contribution in [0.4, 0.5) is 0 Å². The largest absolute Gasteiger partial charge is 0.478 e. The van der Waals surface area contributed by atoms with Gasteiger partial charge in [-0.15, -0.1) is 0 Å². The Morgan fingerprint density at radius 3 is 1.10 bits per heavy atom. The Balaban J connectivity index is -0.000000221. The summed E-state index contributed by atoms with van der Waals surface area (Å²) in [4.78, 5) is 38.8. The first-order valence-electron chi connectivity index (χ1n) is 5.87. The normalized spacial score (nSPS) is 8.70. The Morgan fingerprint density at radius 2 is 1.05 bits per heavy atom. The lowest BCUT2D eigenvalue weighted by molar-refractivity contribution is -0.134. The van der Waals surface area contributed by atoms with E-state index in [1.165, 1.54) is 0 Å². The molecular weight excluding hydrogens is 268 g/mol. The Labute approximate surface area is 117 Å². The molecule has 8 nitrogen and oxygen atoms in total. The maximum Gasteiger partial charge on any atom is 0.328 e. The van der Waals surface area contributed by atoms with Crippen LogP contribution in [0, 0.1) is 0 Å². The molecule has 0 aromatic carbocycles. The van der Waals surface area contributed by atoms with E-state index >= 15 is 0 Å². The molecule has 116 valence electrons. The van der Waals surface area contributed by atoms with E-state index < -0.39 is 11.9 Å². The molecular formula is C12H22N2O6. The number of rotatable bonds is 6. The van der Waals surface area contributed by atoms with E-state index in [9.17, 15) is 19.2 Å². The van der Waals surface area contributed by atoms with Crippen molar-refractivity contribution in [3.05, 3.63) is 12.2 Å². The fraction of sp³-hybridized carbons (Fsp3) is 0.500. The number of carbonyl (C=O) groups is 4. The molecule has 0 saturated heterocycles. The molecule has 20 heavy (non-hydrogen) atoms. The Morgan fingerprint density at radius 1 is 0.800 bits per heavy atom. The van der Waals surface area contributed by atoms with E-state index in [0.717, 1.165) is 12.8 Å². The zero-order valence-electron chi connectivity index (χ0n) is 11.7. The monoisotopic (exact) mass is 290 g/mol. The summed E-state index contributed by atoms with van der Waals surface area (Å²) < 4.78 is 0. The van der Waals surface area contributed by atoms with Crippen LogP contribution in [0.1, 0.15) is 39.5 Å². The number of aliphatic carboxylic acids is 2. The first kappa shape index (κ1) is 22.8. The molecule has 0 aromatic heterocycles. The standard InChI is InChI=1S/2C4H9NO.C4H4O4/c2*1-2-3-4(5)6;5-3(6)1-2-4(7)8/h2*2-3H2,1H3,(H2,5,6);1-2H,(H,5,6)(H,7,8)/b;;2-1+. The maximum atomic E-state index is 9.82. The van der Waals surface area contributed by atoms with Crippen LogP contribution < -0.4 is 11.5 Å². The van der Waals surface area contributed by atoms with Gasteiger partial charge >= 0.3 is 11.9 Å². The van der Waals surface area contributed by atoms with Gasteiger partial charge in [0.05, 0.1) is 0 Å². The van der Waals surface area contributed by atoms with Crippen LogP contribution in [-0.4, -0.2) is 34.0 Å². The van der Waals surface area contributed by atoms with E-state index in [2.05, 4.69) is 0 Å². The average Bonchev–Trinajstić information content (AvgIpc) is 2.27. The lowest BCUT2D eigenvalue weighted by Gasteiger charge is -1.81. The number of carboxylic acids is 2. The second kappa shape index (κ2) is 16.6. The van der Waals surface area contributed by atoms with Gasteiger partial charge in [-0.25, -0.2) is 9.59 Å². The van der Waals surface area contributed by atoms with Gasteiger partial charge in [0.2, 0.25) is 11.8 Å². The Bertz CT molecular complexity index is 307. The summed E-state index contributed by atoms with van der Waals surface area (Å²) in [6.07, 6.45) is 3.86. The van der Waals surface area contributed by atoms with Crippen molar-refractivity contribution in [1.82, 2.24) is 0 Å². The van der Waals surface area contributed by atoms with Gasteiger partial charge in [-0.1, -0.05) is 13.8 Å². The molecule has 0 rings (SSSR count). The minimum absolute atomic E-state index is 0.211. The van der Waals surface area contributed by atoms with Crippen LogP contribution in [0.2, 0.25) is 0 Å². The summed E-state index contributed by atoms with van der Waals surface area (Å²) in [6.45, 7) is 3.84. The Kier molecular flexibility index (Phi) is 18.9. The molecule has 0 aliphatic rings. The van der Waals surface area contributed by atoms with Crippen LogP contribution >= 0.6 is 0 Å². The minimum Gasteiger partial charge on any atom is -0.478 e. The fourth-order valence-electron chi connectivity index (χ4n) is 0.635. The van der Waals surface area contributed by atoms with Gasteiger partial charge in [0.15, 0.2) is 0 Å². The van der Waals surface area contributed by atoms with Crippen LogP contribution in [0.25, 0.3) is 0 Å². The van der Waals surface area contributed by atoms with Crippen molar-refractivity contribution >= 4 is 23.8 Å². The molecule has 0 heterocycles. The van der Waals surface area contributed by atoms with Gasteiger partial charge in [-0.3, -0.25) is 9.59 Å². The van der Waals surface area contributed by atoms with E-state index in [-0.39, 0.29) is 11.8 Å². The number of hydrogen-bond donors (Lipinski definition) is 4. The number of nitrogens with two attached hydrogens (primary N) is 2. The zero-order valence-corrected chi connectivity index (χ0v) is 11.7. The molecule has 0 unspecified atom stereocenters. The molecule has 0 atom stereocenters. The molecule has 0 fully saturated rings.